The van der Waals surface area contributed by atoms with E-state index in [4.69, 9.17) is 4.74 Å². The zero-order valence-electron chi connectivity index (χ0n) is 10.7. The van der Waals surface area contributed by atoms with Gasteiger partial charge >= 0.3 is 0 Å². The molecule has 2 rings (SSSR count). The molecule has 1 N–H and O–H groups in total. The zero-order valence-corrected chi connectivity index (χ0v) is 10.7. The predicted octanol–water partition coefficient (Wildman–Crippen LogP) is 1.49. The van der Waals surface area contributed by atoms with Crippen LogP contribution in [0.15, 0.2) is 0 Å². The van der Waals surface area contributed by atoms with Gasteiger partial charge in [-0.25, -0.2) is 0 Å². The van der Waals surface area contributed by atoms with Crippen molar-refractivity contribution in [2.75, 3.05) is 33.3 Å². The van der Waals surface area contributed by atoms with Crippen LogP contribution in [0.5, 0.6) is 0 Å². The Labute approximate surface area is 99.5 Å². The predicted molar refractivity (Wildman–Crippen MR) is 66.7 cm³/mol. The minimum Gasteiger partial charge on any atom is -0.374 e. The van der Waals surface area contributed by atoms with Gasteiger partial charge in [0.15, 0.2) is 0 Å². The summed E-state index contributed by atoms with van der Waals surface area (Å²) in [7, 11) is 2.20. The van der Waals surface area contributed by atoms with Gasteiger partial charge < -0.3 is 15.0 Å². The minimum absolute atomic E-state index is 0.404. The van der Waals surface area contributed by atoms with Crippen LogP contribution in [-0.4, -0.2) is 50.3 Å². The molecule has 0 spiro atoms. The largest absolute Gasteiger partial charge is 0.374 e. The number of nitrogens with one attached hydrogen (secondary N) is 1. The molecule has 2 aliphatic rings. The molecule has 94 valence electrons. The first-order valence-electron chi connectivity index (χ1n) is 6.84. The average molecular weight is 226 g/mol. The highest BCUT2D eigenvalue weighted by molar-refractivity contribution is 4.89. The number of hydrogen-bond acceptors (Lipinski definition) is 3. The summed E-state index contributed by atoms with van der Waals surface area (Å²) >= 11 is 0. The Morgan fingerprint density at radius 2 is 2.12 bits per heavy atom. The van der Waals surface area contributed by atoms with E-state index in [1.54, 1.807) is 0 Å². The van der Waals surface area contributed by atoms with E-state index >= 15 is 0 Å². The molecule has 0 aromatic heterocycles. The Morgan fingerprint density at radius 1 is 1.38 bits per heavy atom. The summed E-state index contributed by atoms with van der Waals surface area (Å²) in [5, 5.41) is 3.66. The lowest BCUT2D eigenvalue weighted by molar-refractivity contribution is -0.0485. The number of ether oxygens (including phenoxy) is 1. The maximum absolute atomic E-state index is 5.97. The fourth-order valence-corrected chi connectivity index (χ4v) is 3.18. The number of rotatable bonds is 4. The van der Waals surface area contributed by atoms with Gasteiger partial charge in [-0.3, -0.25) is 0 Å². The van der Waals surface area contributed by atoms with E-state index in [1.165, 1.54) is 25.7 Å². The van der Waals surface area contributed by atoms with E-state index < -0.39 is 0 Å². The normalized spacial score (nSPS) is 30.8. The third-order valence-electron chi connectivity index (χ3n) is 4.04. The maximum Gasteiger partial charge on any atom is 0.0857 e. The molecular formula is C13H26N2O. The van der Waals surface area contributed by atoms with Crippen LogP contribution in [0.25, 0.3) is 0 Å². The molecule has 1 saturated carbocycles. The molecule has 1 saturated heterocycles. The van der Waals surface area contributed by atoms with Crippen molar-refractivity contribution < 1.29 is 4.74 Å². The van der Waals surface area contributed by atoms with Crippen molar-refractivity contribution >= 4 is 0 Å². The van der Waals surface area contributed by atoms with Crippen molar-refractivity contribution in [1.82, 2.24) is 10.2 Å². The second-order valence-electron chi connectivity index (χ2n) is 5.30. The average Bonchev–Trinajstić information content (AvgIpc) is 2.79. The highest BCUT2D eigenvalue weighted by Gasteiger charge is 2.33. The third kappa shape index (κ3) is 2.96. The standard InChI is InChI=1S/C13H26N2O/c1-3-14-13(11-6-4-5-7-11)12-10-15(2)8-9-16-12/h11-14H,3-10H2,1-2H3. The fraction of sp³-hybridized carbons (Fsp3) is 1.00. The summed E-state index contributed by atoms with van der Waals surface area (Å²) in [6.07, 6.45) is 6.01. The van der Waals surface area contributed by atoms with E-state index in [1.807, 2.05) is 0 Å². The molecule has 3 nitrogen and oxygen atoms in total. The molecule has 0 aromatic carbocycles. The van der Waals surface area contributed by atoms with E-state index in [2.05, 4.69) is 24.2 Å². The van der Waals surface area contributed by atoms with Gasteiger partial charge in [-0.2, -0.15) is 0 Å². The van der Waals surface area contributed by atoms with E-state index in [9.17, 15) is 0 Å². The highest BCUT2D eigenvalue weighted by Crippen LogP contribution is 2.30. The SMILES string of the molecule is CCNC(C1CCCC1)C1CN(C)CCO1. The van der Waals surface area contributed by atoms with Gasteiger partial charge in [-0.1, -0.05) is 19.8 Å². The molecule has 2 fully saturated rings. The summed E-state index contributed by atoms with van der Waals surface area (Å²) < 4.78 is 5.97. The zero-order chi connectivity index (χ0) is 11.4. The van der Waals surface area contributed by atoms with E-state index in [0.29, 0.717) is 12.1 Å². The number of hydrogen-bond donors (Lipinski definition) is 1. The first-order chi connectivity index (χ1) is 7.81. The van der Waals surface area contributed by atoms with Crippen molar-refractivity contribution in [2.45, 2.75) is 44.8 Å². The molecule has 2 atom stereocenters. The van der Waals surface area contributed by atoms with E-state index in [0.717, 1.165) is 32.2 Å². The van der Waals surface area contributed by atoms with Crippen LogP contribution in [0.4, 0.5) is 0 Å². The summed E-state index contributed by atoms with van der Waals surface area (Å²) in [6, 6.07) is 0.579. The van der Waals surface area contributed by atoms with Crippen LogP contribution in [-0.2, 0) is 4.74 Å². The van der Waals surface area contributed by atoms with Gasteiger partial charge in [-0.15, -0.1) is 0 Å². The number of morpholine rings is 1. The minimum atomic E-state index is 0.404. The molecule has 0 bridgehead atoms. The van der Waals surface area contributed by atoms with E-state index in [-0.39, 0.29) is 0 Å². The molecule has 2 unspecified atom stereocenters. The summed E-state index contributed by atoms with van der Waals surface area (Å²) in [4.78, 5) is 2.40. The Hall–Kier alpha value is -0.120. The van der Waals surface area contributed by atoms with Gasteiger partial charge in [0.1, 0.15) is 0 Å². The second kappa shape index (κ2) is 5.99. The molecule has 0 aromatic rings. The van der Waals surface area contributed by atoms with Crippen molar-refractivity contribution in [1.29, 1.82) is 0 Å². The smallest absolute Gasteiger partial charge is 0.0857 e. The Kier molecular flexibility index (Phi) is 4.62. The Morgan fingerprint density at radius 3 is 2.75 bits per heavy atom. The molecule has 0 amide bonds. The first kappa shape index (κ1) is 12.3. The van der Waals surface area contributed by atoms with Crippen LogP contribution in [0.1, 0.15) is 32.6 Å². The van der Waals surface area contributed by atoms with Gasteiger partial charge in [-0.05, 0) is 32.4 Å². The van der Waals surface area contributed by atoms with Crippen molar-refractivity contribution in [3.63, 3.8) is 0 Å². The van der Waals surface area contributed by atoms with Crippen molar-refractivity contribution in [2.24, 2.45) is 5.92 Å². The fourth-order valence-electron chi connectivity index (χ4n) is 3.18. The van der Waals surface area contributed by atoms with Crippen molar-refractivity contribution in [3.05, 3.63) is 0 Å². The van der Waals surface area contributed by atoms with Crippen LogP contribution in [0.3, 0.4) is 0 Å². The molecule has 1 aliphatic carbocycles. The molecule has 16 heavy (non-hydrogen) atoms. The first-order valence-corrected chi connectivity index (χ1v) is 6.84. The molecule has 1 aliphatic heterocycles. The molecular weight excluding hydrogens is 200 g/mol. The Balaban J connectivity index is 1.93. The van der Waals surface area contributed by atoms with Crippen LogP contribution < -0.4 is 5.32 Å². The van der Waals surface area contributed by atoms with Gasteiger partial charge in [0.05, 0.1) is 12.7 Å². The van der Waals surface area contributed by atoms with Gasteiger partial charge in [0.25, 0.3) is 0 Å². The van der Waals surface area contributed by atoms with Crippen LogP contribution in [0.2, 0.25) is 0 Å². The molecule has 3 heteroatoms. The van der Waals surface area contributed by atoms with Gasteiger partial charge in [0, 0.05) is 19.1 Å². The lowest BCUT2D eigenvalue weighted by atomic mass is 9.92. The molecule has 0 radical (unpaired) electrons. The maximum atomic E-state index is 5.97. The lowest BCUT2D eigenvalue weighted by Gasteiger charge is -2.38. The number of nitrogens with zero attached hydrogens (tertiary/aromatic N) is 1. The Bertz CT molecular complexity index is 204. The van der Waals surface area contributed by atoms with Gasteiger partial charge in [0.2, 0.25) is 0 Å². The lowest BCUT2D eigenvalue weighted by Crippen LogP contribution is -2.53. The quantitative estimate of drug-likeness (QED) is 0.786. The monoisotopic (exact) mass is 226 g/mol. The summed E-state index contributed by atoms with van der Waals surface area (Å²) in [5.41, 5.74) is 0. The highest BCUT2D eigenvalue weighted by atomic mass is 16.5. The number of likely N-dealkylation sites (N-methyl/N-ethyl adjacent to an activating group) is 2. The third-order valence-corrected chi connectivity index (χ3v) is 4.04. The second-order valence-corrected chi connectivity index (χ2v) is 5.30. The topological polar surface area (TPSA) is 24.5 Å². The van der Waals surface area contributed by atoms with Crippen molar-refractivity contribution in [3.8, 4) is 0 Å². The van der Waals surface area contributed by atoms with Crippen LogP contribution >= 0.6 is 0 Å². The summed E-state index contributed by atoms with van der Waals surface area (Å²) in [6.45, 7) is 6.34. The van der Waals surface area contributed by atoms with Crippen LogP contribution in [0, 0.1) is 5.92 Å². The molecule has 1 heterocycles. The summed E-state index contributed by atoms with van der Waals surface area (Å²) in [5.74, 6) is 0.844.